The van der Waals surface area contributed by atoms with Crippen molar-refractivity contribution in [2.45, 2.75) is 26.1 Å². The third-order valence-electron chi connectivity index (χ3n) is 8.60. The molecule has 9 rings (SSSR count). The van der Waals surface area contributed by atoms with E-state index in [0.29, 0.717) is 11.0 Å². The standard InChI is InChI=1S/C43H32N2/c1-27-44-38-21-11-13-23-40(38)45(27)39-22-12-9-19-35(39)42-33-17-6-4-15-31(33)41(32-16-5-7-18-34(32)42)28-24-25-30-29-14-8-10-20-36(29)43(2,3)37(30)26-28/h4-26H,1-3H3/i1D3,4D,5D,6D,7D,8D,10D,14D,15D,16D,17D,18D,20D,24D,25D,26D. The van der Waals surface area contributed by atoms with Gasteiger partial charge in [-0.05, 0) is 91.6 Å². The van der Waals surface area contributed by atoms with Gasteiger partial charge in [-0.15, -0.1) is 0 Å². The van der Waals surface area contributed by atoms with Gasteiger partial charge >= 0.3 is 0 Å². The molecule has 0 saturated carbocycles. The molecular formula is C43H32N2. The van der Waals surface area contributed by atoms with Gasteiger partial charge in [-0.1, -0.05) is 129 Å². The zero-order valence-electron chi connectivity index (χ0n) is 42.0. The molecule has 0 bridgehead atoms. The average molecular weight is 595 g/mol. The predicted molar refractivity (Wildman–Crippen MR) is 189 cm³/mol. The third-order valence-corrected chi connectivity index (χ3v) is 8.60. The fourth-order valence-corrected chi connectivity index (χ4v) is 6.58. The van der Waals surface area contributed by atoms with E-state index >= 15 is 0 Å². The summed E-state index contributed by atoms with van der Waals surface area (Å²) in [6, 6.07) is 3.49. The lowest BCUT2D eigenvalue weighted by molar-refractivity contribution is 0.660. The first-order valence-corrected chi connectivity index (χ1v) is 14.3. The van der Waals surface area contributed by atoms with Crippen LogP contribution < -0.4 is 0 Å². The zero-order valence-corrected chi connectivity index (χ0v) is 24.0. The summed E-state index contributed by atoms with van der Waals surface area (Å²) in [5, 5.41) is -1.27. The molecule has 2 nitrogen and oxygen atoms in total. The molecule has 0 aliphatic heterocycles. The van der Waals surface area contributed by atoms with Gasteiger partial charge in [0, 0.05) is 15.1 Å². The lowest BCUT2D eigenvalue weighted by atomic mass is 9.80. The molecule has 0 fully saturated rings. The number of para-hydroxylation sites is 3. The van der Waals surface area contributed by atoms with E-state index in [1.54, 1.807) is 56.3 Å². The van der Waals surface area contributed by atoms with Gasteiger partial charge in [0.05, 0.1) is 37.3 Å². The van der Waals surface area contributed by atoms with Crippen LogP contribution in [0.5, 0.6) is 0 Å². The zero-order chi connectivity index (χ0) is 45.8. The molecule has 1 aromatic heterocycles. The first-order valence-electron chi connectivity index (χ1n) is 23.3. The van der Waals surface area contributed by atoms with Crippen LogP contribution in [0.3, 0.4) is 0 Å². The maximum Gasteiger partial charge on any atom is 0.111 e. The SMILES string of the molecule is [2H]c1c([2H])c([2H])c2c(c1[2H])-c1c([2H])c([2H])c(-c3c4c([2H])c([2H])c([2H])c([2H])c4c(-c4ccccc4-n4c(C([2H])([2H])[2H])nc5ccccc54)c4c([2H])c([2H])c([2H])c([2H])c34)c([2H])c1C2(C)C. The fourth-order valence-electron chi connectivity index (χ4n) is 6.58. The fraction of sp³-hybridized carbons (Fsp3) is 0.0930. The van der Waals surface area contributed by atoms with E-state index in [1.165, 1.54) is 10.6 Å². The van der Waals surface area contributed by atoms with E-state index in [9.17, 15) is 9.60 Å². The number of nitrogens with zero attached hydrogens (tertiary/aromatic N) is 2. The molecule has 0 radical (unpaired) electrons. The summed E-state index contributed by atoms with van der Waals surface area (Å²) in [5.41, 5.74) is -1.49. The molecule has 0 atom stereocenters. The molecule has 0 saturated heterocycles. The van der Waals surface area contributed by atoms with Crippen molar-refractivity contribution < 1.29 is 24.7 Å². The van der Waals surface area contributed by atoms with Crippen LogP contribution in [-0.4, -0.2) is 9.55 Å². The minimum atomic E-state index is -2.79. The number of aromatic nitrogens is 2. The minimum absolute atomic E-state index is 0.0158. The first-order chi connectivity index (χ1) is 29.5. The Morgan fingerprint density at radius 3 is 2.00 bits per heavy atom. The second kappa shape index (κ2) is 9.51. The van der Waals surface area contributed by atoms with E-state index in [0.717, 1.165) is 0 Å². The van der Waals surface area contributed by atoms with Gasteiger partial charge in [0.25, 0.3) is 0 Å². The van der Waals surface area contributed by atoms with Crippen molar-refractivity contribution in [3.63, 3.8) is 0 Å². The van der Waals surface area contributed by atoms with Crippen LogP contribution in [0.4, 0.5) is 0 Å². The minimum Gasteiger partial charge on any atom is -0.296 e. The lowest BCUT2D eigenvalue weighted by Crippen LogP contribution is -2.14. The van der Waals surface area contributed by atoms with Crippen LogP contribution in [-0.2, 0) is 5.41 Å². The lowest BCUT2D eigenvalue weighted by Gasteiger charge is -2.23. The smallest absolute Gasteiger partial charge is 0.111 e. The predicted octanol–water partition coefficient (Wildman–Crippen LogP) is 11.3. The number of rotatable bonds is 3. The molecule has 1 aliphatic rings. The second-order valence-electron chi connectivity index (χ2n) is 11.4. The molecule has 45 heavy (non-hydrogen) atoms. The summed E-state index contributed by atoms with van der Waals surface area (Å²) in [4.78, 5) is 4.44. The highest BCUT2D eigenvalue weighted by Crippen LogP contribution is 2.51. The monoisotopic (exact) mass is 594 g/mol. The van der Waals surface area contributed by atoms with Gasteiger partial charge in [-0.3, -0.25) is 4.57 Å². The van der Waals surface area contributed by atoms with Crippen molar-refractivity contribution in [3.05, 3.63) is 156 Å². The number of hydrogen-bond acceptors (Lipinski definition) is 1. The van der Waals surface area contributed by atoms with E-state index < -0.39 is 108 Å². The highest BCUT2D eigenvalue weighted by Gasteiger charge is 2.35. The average Bonchev–Trinajstić information content (AvgIpc) is 3.76. The Balaban J connectivity index is 1.56. The quantitative estimate of drug-likeness (QED) is 0.186. The van der Waals surface area contributed by atoms with Gasteiger partial charge in [0.15, 0.2) is 0 Å². The molecular weight excluding hydrogens is 544 g/mol. The molecule has 2 heteroatoms. The van der Waals surface area contributed by atoms with Crippen LogP contribution in [0.1, 0.15) is 55.5 Å². The number of aryl methyl sites for hydroxylation is 1. The Morgan fingerprint density at radius 2 is 1.24 bits per heavy atom. The van der Waals surface area contributed by atoms with Gasteiger partial charge in [-0.25, -0.2) is 4.98 Å². The third kappa shape index (κ3) is 3.66. The van der Waals surface area contributed by atoms with E-state index in [-0.39, 0.29) is 72.0 Å². The Morgan fingerprint density at radius 1 is 0.622 bits per heavy atom. The highest BCUT2D eigenvalue weighted by molar-refractivity contribution is 6.22. The first kappa shape index (κ1) is 13.7. The molecule has 8 aromatic rings. The number of benzene rings is 7. The molecule has 1 heterocycles. The maximum absolute atomic E-state index is 9.91. The molecule has 0 N–H and O–H groups in total. The number of imidazole rings is 1. The highest BCUT2D eigenvalue weighted by atomic mass is 15.1. The Labute approximate surface area is 288 Å². The topological polar surface area (TPSA) is 17.8 Å². The molecule has 214 valence electrons. The van der Waals surface area contributed by atoms with E-state index in [4.69, 9.17) is 15.1 Å². The van der Waals surface area contributed by atoms with Crippen molar-refractivity contribution in [1.82, 2.24) is 9.55 Å². The summed E-state index contributed by atoms with van der Waals surface area (Å²) in [6.45, 7) is 0.415. The number of fused-ring (bicyclic) bond motifs is 6. The summed E-state index contributed by atoms with van der Waals surface area (Å²) < 4.78 is 164. The molecule has 1 aliphatic carbocycles. The molecule has 0 spiro atoms. The maximum atomic E-state index is 9.91. The number of hydrogen-bond donors (Lipinski definition) is 0. The Kier molecular flexibility index (Phi) is 2.89. The van der Waals surface area contributed by atoms with Crippen molar-refractivity contribution >= 4 is 32.6 Å². The second-order valence-corrected chi connectivity index (χ2v) is 11.4. The summed E-state index contributed by atoms with van der Waals surface area (Å²) in [7, 11) is 0. The van der Waals surface area contributed by atoms with E-state index in [1.807, 2.05) is 0 Å². The largest absolute Gasteiger partial charge is 0.296 e. The van der Waals surface area contributed by atoms with Crippen molar-refractivity contribution in [3.8, 4) is 39.1 Å². The van der Waals surface area contributed by atoms with Crippen LogP contribution in [0.2, 0.25) is 0 Å². The molecule has 7 aromatic carbocycles. The molecule has 0 unspecified atom stereocenters. The normalized spacial score (nSPS) is 19.3. The Bertz CT molecular complexity index is 3340. The van der Waals surface area contributed by atoms with Crippen molar-refractivity contribution in [2.75, 3.05) is 0 Å². The van der Waals surface area contributed by atoms with Crippen molar-refractivity contribution in [1.29, 1.82) is 0 Å². The van der Waals surface area contributed by atoms with Crippen LogP contribution in [0, 0.1) is 6.85 Å². The van der Waals surface area contributed by atoms with Crippen LogP contribution in [0.15, 0.2) is 139 Å². The summed E-state index contributed by atoms with van der Waals surface area (Å²) in [6.07, 6.45) is 0. The van der Waals surface area contributed by atoms with E-state index in [2.05, 4.69) is 4.98 Å². The van der Waals surface area contributed by atoms with Crippen LogP contribution in [0.25, 0.3) is 71.6 Å². The van der Waals surface area contributed by atoms with Crippen molar-refractivity contribution in [2.24, 2.45) is 0 Å². The van der Waals surface area contributed by atoms with Gasteiger partial charge in [-0.2, -0.15) is 0 Å². The Hall–Kier alpha value is -5.47. The van der Waals surface area contributed by atoms with Gasteiger partial charge < -0.3 is 0 Å². The summed E-state index contributed by atoms with van der Waals surface area (Å²) >= 11 is 0. The molecule has 0 amide bonds. The van der Waals surface area contributed by atoms with Gasteiger partial charge in [0.1, 0.15) is 5.82 Å². The van der Waals surface area contributed by atoms with Crippen LogP contribution >= 0.6 is 0 Å². The van der Waals surface area contributed by atoms with Gasteiger partial charge in [0.2, 0.25) is 0 Å². The summed E-state index contributed by atoms with van der Waals surface area (Å²) in [5.74, 6) is -0.352.